The van der Waals surface area contributed by atoms with Gasteiger partial charge in [0.2, 0.25) is 0 Å². The average molecular weight is 165 g/mol. The van der Waals surface area contributed by atoms with Crippen molar-refractivity contribution in [2.24, 2.45) is 0 Å². The molecule has 4 heteroatoms. The fraction of sp³-hybridized carbons (Fsp3) is 0.125. The lowest BCUT2D eigenvalue weighted by Gasteiger charge is -1.98. The summed E-state index contributed by atoms with van der Waals surface area (Å²) in [6.45, 7) is 1.60. The molecule has 1 N–H and O–H groups in total. The van der Waals surface area contributed by atoms with Crippen LogP contribution in [0.25, 0.3) is 0 Å². The van der Waals surface area contributed by atoms with Gasteiger partial charge in [0, 0.05) is 11.8 Å². The molecule has 0 atom stereocenters. The third kappa shape index (κ3) is 1.47. The van der Waals surface area contributed by atoms with E-state index in [-0.39, 0.29) is 5.69 Å². The van der Waals surface area contributed by atoms with E-state index in [0.717, 1.165) is 0 Å². The molecule has 62 valence electrons. The first-order valence-electron chi connectivity index (χ1n) is 3.30. The van der Waals surface area contributed by atoms with Gasteiger partial charge in [0.05, 0.1) is 0 Å². The molecule has 1 aromatic rings. The summed E-state index contributed by atoms with van der Waals surface area (Å²) >= 11 is 0. The van der Waals surface area contributed by atoms with E-state index in [0.29, 0.717) is 17.4 Å². The molecule has 0 aromatic carbocycles. The van der Waals surface area contributed by atoms with Crippen LogP contribution in [0.15, 0.2) is 12.3 Å². The number of hydrogen-bond donors (Lipinski definition) is 1. The molecule has 0 aliphatic heterocycles. The summed E-state index contributed by atoms with van der Waals surface area (Å²) in [5.41, 5.74) is 0.866. The van der Waals surface area contributed by atoms with Crippen LogP contribution < -0.4 is 0 Å². The van der Waals surface area contributed by atoms with Crippen molar-refractivity contribution in [3.05, 3.63) is 29.1 Å². The number of carboxylic acids is 1. The van der Waals surface area contributed by atoms with Crippen LogP contribution in [0.5, 0.6) is 0 Å². The van der Waals surface area contributed by atoms with E-state index in [1.165, 1.54) is 12.3 Å². The quantitative estimate of drug-likeness (QED) is 0.661. The van der Waals surface area contributed by atoms with Crippen molar-refractivity contribution in [3.63, 3.8) is 0 Å². The second-order valence-corrected chi connectivity index (χ2v) is 2.36. The molecule has 0 fully saturated rings. The first-order chi connectivity index (χ1) is 5.65. The Morgan fingerprint density at radius 1 is 1.67 bits per heavy atom. The molecule has 1 rings (SSSR count). The van der Waals surface area contributed by atoms with Crippen LogP contribution in [0.3, 0.4) is 0 Å². The molecule has 12 heavy (non-hydrogen) atoms. The predicted octanol–water partition coefficient (Wildman–Crippen LogP) is 0.901. The third-order valence-corrected chi connectivity index (χ3v) is 1.44. The molecule has 4 nitrogen and oxygen atoms in total. The molecule has 1 aromatic heterocycles. The molecular weight excluding hydrogens is 158 g/mol. The van der Waals surface area contributed by atoms with E-state index in [2.05, 4.69) is 4.98 Å². The third-order valence-electron chi connectivity index (χ3n) is 1.44. The minimum atomic E-state index is -1.08. The van der Waals surface area contributed by atoms with Crippen LogP contribution in [0.2, 0.25) is 0 Å². The van der Waals surface area contributed by atoms with E-state index in [1.807, 2.05) is 0 Å². The molecule has 0 aliphatic carbocycles. The zero-order valence-electron chi connectivity index (χ0n) is 6.44. The molecule has 0 unspecified atom stereocenters. The SMILES string of the molecule is Cc1cc(C=O)cnc1C(=O)O. The second kappa shape index (κ2) is 3.13. The van der Waals surface area contributed by atoms with Gasteiger partial charge in [0.15, 0.2) is 12.0 Å². The first-order valence-corrected chi connectivity index (χ1v) is 3.30. The number of carbonyl (C=O) groups is 2. The number of carbonyl (C=O) groups excluding carboxylic acids is 1. The highest BCUT2D eigenvalue weighted by Gasteiger charge is 2.08. The summed E-state index contributed by atoms with van der Waals surface area (Å²) in [6, 6.07) is 1.49. The van der Waals surface area contributed by atoms with Crippen LogP contribution in [-0.4, -0.2) is 22.3 Å². The van der Waals surface area contributed by atoms with Crippen LogP contribution in [0.4, 0.5) is 0 Å². The highest BCUT2D eigenvalue weighted by Crippen LogP contribution is 2.05. The van der Waals surface area contributed by atoms with Crippen molar-refractivity contribution in [1.82, 2.24) is 4.98 Å². The van der Waals surface area contributed by atoms with E-state index in [4.69, 9.17) is 5.11 Å². The average Bonchev–Trinajstić information content (AvgIpc) is 2.03. The Labute approximate surface area is 68.9 Å². The van der Waals surface area contributed by atoms with Gasteiger partial charge in [-0.15, -0.1) is 0 Å². The Morgan fingerprint density at radius 2 is 2.33 bits per heavy atom. The fourth-order valence-corrected chi connectivity index (χ4v) is 0.885. The van der Waals surface area contributed by atoms with Crippen molar-refractivity contribution in [3.8, 4) is 0 Å². The standard InChI is InChI=1S/C8H7NO3/c1-5-2-6(4-10)3-9-7(5)8(11)12/h2-4H,1H3,(H,11,12). The minimum absolute atomic E-state index is 0.0133. The maximum absolute atomic E-state index is 10.5. The molecule has 0 amide bonds. The predicted molar refractivity (Wildman–Crippen MR) is 41.3 cm³/mol. The van der Waals surface area contributed by atoms with Gasteiger partial charge in [0.25, 0.3) is 0 Å². The van der Waals surface area contributed by atoms with Crippen LogP contribution in [0.1, 0.15) is 26.4 Å². The highest BCUT2D eigenvalue weighted by molar-refractivity contribution is 5.88. The number of carboxylic acid groups (broad SMARTS) is 1. The molecule has 0 saturated carbocycles. The molecule has 0 radical (unpaired) electrons. The lowest BCUT2D eigenvalue weighted by atomic mass is 10.2. The van der Waals surface area contributed by atoms with Gasteiger partial charge in [-0.3, -0.25) is 4.79 Å². The number of aromatic carboxylic acids is 1. The fourth-order valence-electron chi connectivity index (χ4n) is 0.885. The zero-order chi connectivity index (χ0) is 9.14. The molecule has 1 heterocycles. The molecule has 0 saturated heterocycles. The normalized spacial score (nSPS) is 9.42. The molecular formula is C8H7NO3. The van der Waals surface area contributed by atoms with Gasteiger partial charge in [-0.1, -0.05) is 0 Å². The summed E-state index contributed by atoms with van der Waals surface area (Å²) < 4.78 is 0. The second-order valence-electron chi connectivity index (χ2n) is 2.36. The lowest BCUT2D eigenvalue weighted by molar-refractivity contribution is 0.0689. The van der Waals surface area contributed by atoms with Crippen molar-refractivity contribution < 1.29 is 14.7 Å². The summed E-state index contributed by atoms with van der Waals surface area (Å²) in [6.07, 6.45) is 1.87. The van der Waals surface area contributed by atoms with Crippen molar-refractivity contribution >= 4 is 12.3 Å². The summed E-state index contributed by atoms with van der Waals surface area (Å²) in [5, 5.41) is 8.58. The number of aldehydes is 1. The number of nitrogens with zero attached hydrogens (tertiary/aromatic N) is 1. The first kappa shape index (κ1) is 8.39. The number of aryl methyl sites for hydroxylation is 1. The number of pyridine rings is 1. The maximum Gasteiger partial charge on any atom is 0.354 e. The molecule has 0 aliphatic rings. The number of hydrogen-bond acceptors (Lipinski definition) is 3. The van der Waals surface area contributed by atoms with Gasteiger partial charge >= 0.3 is 5.97 Å². The largest absolute Gasteiger partial charge is 0.477 e. The number of aromatic nitrogens is 1. The summed E-state index contributed by atoms with van der Waals surface area (Å²) in [4.78, 5) is 24.3. The van der Waals surface area contributed by atoms with Gasteiger partial charge in [0.1, 0.15) is 0 Å². The van der Waals surface area contributed by atoms with Crippen molar-refractivity contribution in [2.75, 3.05) is 0 Å². The van der Waals surface area contributed by atoms with E-state index < -0.39 is 5.97 Å². The van der Waals surface area contributed by atoms with E-state index in [1.54, 1.807) is 6.92 Å². The van der Waals surface area contributed by atoms with Gasteiger partial charge in [-0.25, -0.2) is 9.78 Å². The van der Waals surface area contributed by atoms with Crippen LogP contribution in [0, 0.1) is 6.92 Å². The van der Waals surface area contributed by atoms with Crippen molar-refractivity contribution in [1.29, 1.82) is 0 Å². The van der Waals surface area contributed by atoms with Gasteiger partial charge in [-0.05, 0) is 18.6 Å². The monoisotopic (exact) mass is 165 g/mol. The van der Waals surface area contributed by atoms with Gasteiger partial charge < -0.3 is 5.11 Å². The minimum Gasteiger partial charge on any atom is -0.477 e. The Bertz CT molecular complexity index is 333. The smallest absolute Gasteiger partial charge is 0.354 e. The summed E-state index contributed by atoms with van der Waals surface area (Å²) in [5.74, 6) is -1.08. The molecule has 0 bridgehead atoms. The van der Waals surface area contributed by atoms with Crippen molar-refractivity contribution in [2.45, 2.75) is 6.92 Å². The Morgan fingerprint density at radius 3 is 2.75 bits per heavy atom. The van der Waals surface area contributed by atoms with E-state index in [9.17, 15) is 9.59 Å². The maximum atomic E-state index is 10.5. The number of rotatable bonds is 2. The van der Waals surface area contributed by atoms with Crippen LogP contribution >= 0.6 is 0 Å². The Balaban J connectivity index is 3.20. The topological polar surface area (TPSA) is 67.3 Å². The Hall–Kier alpha value is -1.71. The van der Waals surface area contributed by atoms with Gasteiger partial charge in [-0.2, -0.15) is 0 Å². The van der Waals surface area contributed by atoms with E-state index >= 15 is 0 Å². The zero-order valence-corrected chi connectivity index (χ0v) is 6.44. The molecule has 0 spiro atoms. The highest BCUT2D eigenvalue weighted by atomic mass is 16.4. The van der Waals surface area contributed by atoms with Crippen LogP contribution in [-0.2, 0) is 0 Å². The Kier molecular flexibility index (Phi) is 2.19. The summed E-state index contributed by atoms with van der Waals surface area (Å²) in [7, 11) is 0. The lowest BCUT2D eigenvalue weighted by Crippen LogP contribution is -2.03.